The average Bonchev–Trinajstić information content (AvgIpc) is 2.57. The van der Waals surface area contributed by atoms with Gasteiger partial charge in [0.25, 0.3) is 0 Å². The van der Waals surface area contributed by atoms with Crippen LogP contribution < -0.4 is 0 Å². The summed E-state index contributed by atoms with van der Waals surface area (Å²) in [4.78, 5) is 0. The normalized spacial score (nSPS) is 19.8. The van der Waals surface area contributed by atoms with Crippen LogP contribution in [0.4, 0.5) is 79.0 Å². The van der Waals surface area contributed by atoms with E-state index in [9.17, 15) is 79.0 Å². The van der Waals surface area contributed by atoms with Gasteiger partial charge in [-0.2, -0.15) is 61.5 Å². The summed E-state index contributed by atoms with van der Waals surface area (Å²) in [6.45, 7) is 1.95. The third-order valence-corrected chi connectivity index (χ3v) is 2.57. The Morgan fingerprint density at radius 1 is 0.912 bits per heavy atom. The predicted octanol–water partition coefficient (Wildman–Crippen LogP) is 8.03. The average molecular weight is 554 g/mol. The molecule has 0 amide bonds. The Balaban J connectivity index is -0.000000493. The van der Waals surface area contributed by atoms with E-state index < -0.39 is 66.9 Å². The molecule has 0 radical (unpaired) electrons. The molecule has 1 heterocycles. The van der Waals surface area contributed by atoms with Crippen molar-refractivity contribution in [1.29, 1.82) is 0 Å². The predicted molar refractivity (Wildman–Crippen MR) is 75.7 cm³/mol. The summed E-state index contributed by atoms with van der Waals surface area (Å²) in [5.74, 6) is -9.01. The monoisotopic (exact) mass is 554 g/mol. The molecule has 206 valence electrons. The molecular weight excluding hydrogens is 542 g/mol. The minimum absolute atomic E-state index is 0.500. The van der Waals surface area contributed by atoms with E-state index in [0.717, 1.165) is 0 Å². The third-order valence-electron chi connectivity index (χ3n) is 2.57. The van der Waals surface area contributed by atoms with E-state index in [-0.39, 0.29) is 0 Å². The largest absolute Gasteiger partial charge is 0.413 e. The molecule has 0 N–H and O–H groups in total. The molecule has 0 saturated heterocycles. The van der Waals surface area contributed by atoms with Gasteiger partial charge in [0.05, 0.1) is 14.4 Å². The molecule has 34 heavy (non-hydrogen) atoms. The molecule has 0 bridgehead atoms. The highest BCUT2D eigenvalue weighted by atomic mass is 19.4. The van der Waals surface area contributed by atoms with Crippen LogP contribution in [-0.4, -0.2) is 51.1 Å². The number of rotatable bonds is 4. The first-order valence-corrected chi connectivity index (χ1v) is 7.36. The van der Waals surface area contributed by atoms with Crippen molar-refractivity contribution in [1.82, 2.24) is 0 Å². The molecule has 0 aromatic rings. The quantitative estimate of drug-likeness (QED) is 0.328. The summed E-state index contributed by atoms with van der Waals surface area (Å²) in [6.07, 6.45) is -35.4. The Morgan fingerprint density at radius 3 is 1.59 bits per heavy atom. The maximum Gasteiger partial charge on any atom is 0.413 e. The molecule has 0 aliphatic carbocycles. The number of hydrogen-bond acceptors (Lipinski definition) is 2. The van der Waals surface area contributed by atoms with Crippen molar-refractivity contribution in [3.05, 3.63) is 24.3 Å². The van der Waals surface area contributed by atoms with Crippen LogP contribution in [0.2, 0.25) is 0 Å². The van der Waals surface area contributed by atoms with Gasteiger partial charge in [0.15, 0.2) is 17.6 Å². The van der Waals surface area contributed by atoms with Crippen molar-refractivity contribution < 1.29 is 88.5 Å². The molecule has 1 rings (SSSR count). The lowest BCUT2D eigenvalue weighted by Gasteiger charge is -2.32. The van der Waals surface area contributed by atoms with Gasteiger partial charge in [-0.05, 0) is 6.08 Å². The van der Waals surface area contributed by atoms with Gasteiger partial charge >= 0.3 is 36.8 Å². The van der Waals surface area contributed by atoms with E-state index in [1.807, 2.05) is 6.58 Å². The molecule has 1 aliphatic rings. The highest BCUT2D eigenvalue weighted by Crippen LogP contribution is 2.49. The lowest BCUT2D eigenvalue weighted by molar-refractivity contribution is -0.411. The smallest absolute Gasteiger partial charge is 0.255 e. The minimum Gasteiger partial charge on any atom is -0.255 e. The second-order valence-electron chi connectivity index (χ2n) is 5.17. The summed E-state index contributed by atoms with van der Waals surface area (Å²) in [7, 11) is 1.00. The zero-order valence-electron chi connectivity index (χ0n) is 16.2. The Morgan fingerprint density at radius 2 is 1.29 bits per heavy atom. The first-order valence-electron chi connectivity index (χ1n) is 7.36. The second-order valence-corrected chi connectivity index (χ2v) is 5.17. The van der Waals surface area contributed by atoms with E-state index >= 15 is 0 Å². The van der Waals surface area contributed by atoms with Crippen LogP contribution in [0, 0.1) is 5.92 Å². The van der Waals surface area contributed by atoms with Crippen molar-refractivity contribution in [3.63, 3.8) is 0 Å². The van der Waals surface area contributed by atoms with Gasteiger partial charge in [0, 0.05) is 0 Å². The van der Waals surface area contributed by atoms with E-state index in [1.165, 1.54) is 0 Å². The third kappa shape index (κ3) is 13.1. The van der Waals surface area contributed by atoms with Gasteiger partial charge < -0.3 is 0 Å². The van der Waals surface area contributed by atoms with Crippen LogP contribution in [0.25, 0.3) is 0 Å². The molecule has 0 aromatic heterocycles. The van der Waals surface area contributed by atoms with E-state index in [4.69, 9.17) is 0 Å². The molecule has 1 unspecified atom stereocenters. The maximum absolute atomic E-state index is 12.4. The number of hydrogen-bond donors (Lipinski definition) is 0. The van der Waals surface area contributed by atoms with Crippen LogP contribution in [0.1, 0.15) is 6.42 Å². The zero-order valence-corrected chi connectivity index (χ0v) is 16.2. The molecule has 0 spiro atoms. The Hall–Kier alpha value is -1.86. The van der Waals surface area contributed by atoms with E-state index in [2.05, 4.69) is 9.47 Å². The Kier molecular flexibility index (Phi) is 13.7. The standard InChI is InChI=1S/C6H2F8O.C6H4F8O.2CH3F/c7-3-1-2(4(8,9)10)5(11,12)15-6(3,13)14;1-3(7)6(13,14)15-5(11,12)2-4(8,9)10;2*1-2/h1-2H;1-2H2;2*1H3. The van der Waals surface area contributed by atoms with Gasteiger partial charge in [-0.25, -0.2) is 18.3 Å². The fourth-order valence-electron chi connectivity index (χ4n) is 1.42. The van der Waals surface area contributed by atoms with Gasteiger partial charge in [0.2, 0.25) is 0 Å². The first-order chi connectivity index (χ1) is 14.8. The van der Waals surface area contributed by atoms with E-state index in [1.54, 1.807) is 0 Å². The molecule has 0 saturated carbocycles. The van der Waals surface area contributed by atoms with E-state index in [0.29, 0.717) is 14.4 Å². The lowest BCUT2D eigenvalue weighted by atomic mass is 10.1. The topological polar surface area (TPSA) is 18.5 Å². The minimum atomic E-state index is -5.57. The van der Waals surface area contributed by atoms with Crippen LogP contribution in [-0.2, 0) is 9.47 Å². The first kappa shape index (κ1) is 36.7. The highest BCUT2D eigenvalue weighted by molar-refractivity contribution is 5.10. The van der Waals surface area contributed by atoms with Gasteiger partial charge in [-0.3, -0.25) is 8.78 Å². The van der Waals surface area contributed by atoms with Gasteiger partial charge in [0.1, 0.15) is 6.42 Å². The van der Waals surface area contributed by atoms with Gasteiger partial charge in [-0.1, -0.05) is 6.58 Å². The molecule has 1 aliphatic heterocycles. The van der Waals surface area contributed by atoms with Gasteiger partial charge in [-0.15, -0.1) is 0 Å². The molecule has 2 nitrogen and oxygen atoms in total. The molecule has 0 aromatic carbocycles. The summed E-state index contributed by atoms with van der Waals surface area (Å²) in [5.41, 5.74) is 0. The van der Waals surface area contributed by atoms with Crippen LogP contribution in [0.3, 0.4) is 0 Å². The van der Waals surface area contributed by atoms with Crippen molar-refractivity contribution in [2.75, 3.05) is 14.4 Å². The second kappa shape index (κ2) is 12.7. The van der Waals surface area contributed by atoms with Crippen LogP contribution in [0.5, 0.6) is 0 Å². The summed E-state index contributed by atoms with van der Waals surface area (Å²) < 4.78 is 215. The molecule has 0 fully saturated rings. The maximum atomic E-state index is 12.4. The van der Waals surface area contributed by atoms with Crippen molar-refractivity contribution in [2.24, 2.45) is 5.92 Å². The molecule has 20 heteroatoms. The highest BCUT2D eigenvalue weighted by Gasteiger charge is 2.64. The SMILES string of the molecule is C=C(F)C(F)(F)OC(F)(F)CC(F)(F)F.CF.CF.FC1=CC(C(F)(F)F)C(F)(F)OC1(F)F. The number of ether oxygens (including phenoxy) is 2. The summed E-state index contributed by atoms with van der Waals surface area (Å²) in [5, 5.41) is 0. The van der Waals surface area contributed by atoms with Crippen LogP contribution in [0.15, 0.2) is 24.3 Å². The van der Waals surface area contributed by atoms with Crippen molar-refractivity contribution in [3.8, 4) is 0 Å². The van der Waals surface area contributed by atoms with Crippen LogP contribution >= 0.6 is 0 Å². The number of halogens is 18. The lowest BCUT2D eigenvalue weighted by Crippen LogP contribution is -2.48. The fourth-order valence-corrected chi connectivity index (χ4v) is 1.42. The molecular formula is C14H12F18O2. The number of alkyl halides is 16. The summed E-state index contributed by atoms with van der Waals surface area (Å²) >= 11 is 0. The summed E-state index contributed by atoms with van der Waals surface area (Å²) in [6, 6.07) is 0. The van der Waals surface area contributed by atoms with Crippen molar-refractivity contribution >= 4 is 0 Å². The fraction of sp³-hybridized carbons (Fsp3) is 0.714. The Labute approximate surface area is 177 Å². The van der Waals surface area contributed by atoms with Crippen molar-refractivity contribution in [2.45, 2.75) is 43.2 Å². The zero-order chi connectivity index (χ0) is 28.6. The molecule has 1 atom stereocenters. The Bertz CT molecular complexity index is 648.